The van der Waals surface area contributed by atoms with Gasteiger partial charge in [0.2, 0.25) is 10.0 Å². The van der Waals surface area contributed by atoms with Crippen LogP contribution in [0.4, 0.5) is 0 Å². The van der Waals surface area contributed by atoms with Crippen LogP contribution in [0.25, 0.3) is 0 Å². The highest BCUT2D eigenvalue weighted by atomic mass is 35.5. The molecule has 0 spiro atoms. The fourth-order valence-corrected chi connectivity index (χ4v) is 2.98. The minimum absolute atomic E-state index is 0.0335. The molecule has 0 saturated heterocycles. The molecular formula is C11H24ClNO3S. The van der Waals surface area contributed by atoms with Crippen molar-refractivity contribution < 1.29 is 13.2 Å². The van der Waals surface area contributed by atoms with Gasteiger partial charge < -0.3 is 4.74 Å². The average Bonchev–Trinajstić information content (AvgIpc) is 2.23. The van der Waals surface area contributed by atoms with Crippen LogP contribution in [0.2, 0.25) is 0 Å². The van der Waals surface area contributed by atoms with Gasteiger partial charge in [0.25, 0.3) is 0 Å². The number of unbranched alkanes of at least 4 members (excludes halogenated alkanes) is 1. The summed E-state index contributed by atoms with van der Waals surface area (Å²) in [4.78, 5) is 0. The van der Waals surface area contributed by atoms with Crippen molar-refractivity contribution in [3.8, 4) is 0 Å². The van der Waals surface area contributed by atoms with Gasteiger partial charge in [-0.2, -0.15) is 0 Å². The Hall–Kier alpha value is 0.160. The summed E-state index contributed by atoms with van der Waals surface area (Å²) in [5.74, 6) is 0.361. The molecule has 0 bridgehead atoms. The van der Waals surface area contributed by atoms with E-state index in [-0.39, 0.29) is 18.5 Å². The molecule has 104 valence electrons. The summed E-state index contributed by atoms with van der Waals surface area (Å²) in [6.45, 7) is 6.98. The second kappa shape index (κ2) is 9.14. The van der Waals surface area contributed by atoms with Crippen molar-refractivity contribution in [1.29, 1.82) is 0 Å². The third-order valence-electron chi connectivity index (χ3n) is 2.28. The maximum absolute atomic E-state index is 12.0. The maximum atomic E-state index is 12.0. The molecule has 0 atom stereocenters. The molecule has 17 heavy (non-hydrogen) atoms. The Morgan fingerprint density at radius 3 is 2.41 bits per heavy atom. The molecule has 0 rings (SSSR count). The average molecular weight is 286 g/mol. The molecule has 0 N–H and O–H groups in total. The lowest BCUT2D eigenvalue weighted by Crippen LogP contribution is -2.36. The third-order valence-corrected chi connectivity index (χ3v) is 4.28. The number of rotatable bonds is 10. The van der Waals surface area contributed by atoms with Gasteiger partial charge in [-0.1, -0.05) is 13.3 Å². The predicted octanol–water partition coefficient (Wildman–Crippen LogP) is 2.08. The molecule has 0 heterocycles. The van der Waals surface area contributed by atoms with Gasteiger partial charge in [0.15, 0.2) is 0 Å². The first-order valence-corrected chi connectivity index (χ1v) is 8.23. The number of halogens is 1. The van der Waals surface area contributed by atoms with Crippen molar-refractivity contribution in [3.05, 3.63) is 0 Å². The molecule has 0 unspecified atom stereocenters. The van der Waals surface area contributed by atoms with Gasteiger partial charge in [0.1, 0.15) is 0 Å². The van der Waals surface area contributed by atoms with Gasteiger partial charge in [-0.15, -0.1) is 11.6 Å². The lowest BCUT2D eigenvalue weighted by molar-refractivity contribution is 0.0907. The fraction of sp³-hybridized carbons (Fsp3) is 1.00. The fourth-order valence-electron chi connectivity index (χ4n) is 1.34. The van der Waals surface area contributed by atoms with E-state index in [1.54, 1.807) is 0 Å². The number of sulfonamides is 1. The van der Waals surface area contributed by atoms with E-state index in [0.717, 1.165) is 12.8 Å². The predicted molar refractivity (Wildman–Crippen MR) is 72.1 cm³/mol. The quantitative estimate of drug-likeness (QED) is 0.578. The van der Waals surface area contributed by atoms with Crippen LogP contribution in [0.15, 0.2) is 0 Å². The van der Waals surface area contributed by atoms with E-state index in [0.29, 0.717) is 19.0 Å². The van der Waals surface area contributed by atoms with Crippen molar-refractivity contribution in [2.75, 3.05) is 31.3 Å². The molecule has 0 aliphatic heterocycles. The van der Waals surface area contributed by atoms with E-state index in [1.165, 1.54) is 4.31 Å². The minimum Gasteiger partial charge on any atom is -0.378 e. The first-order valence-electron chi connectivity index (χ1n) is 6.09. The zero-order valence-corrected chi connectivity index (χ0v) is 12.6. The normalized spacial score (nSPS) is 12.6. The highest BCUT2D eigenvalue weighted by Crippen LogP contribution is 2.05. The van der Waals surface area contributed by atoms with Crippen LogP contribution in [0.1, 0.15) is 33.6 Å². The summed E-state index contributed by atoms with van der Waals surface area (Å²) < 4.78 is 30.7. The summed E-state index contributed by atoms with van der Waals surface area (Å²) in [6, 6.07) is 0. The molecule has 0 radical (unpaired) electrons. The Bertz CT molecular complexity index is 280. The van der Waals surface area contributed by atoms with Crippen LogP contribution in [0.3, 0.4) is 0 Å². The first kappa shape index (κ1) is 17.2. The highest BCUT2D eigenvalue weighted by Gasteiger charge is 2.20. The molecule has 0 aliphatic rings. The molecule has 0 aromatic rings. The van der Waals surface area contributed by atoms with E-state index >= 15 is 0 Å². The molecular weight excluding hydrogens is 262 g/mol. The molecule has 0 amide bonds. The smallest absolute Gasteiger partial charge is 0.216 e. The Labute approximate surface area is 110 Å². The van der Waals surface area contributed by atoms with E-state index in [2.05, 4.69) is 0 Å². The highest BCUT2D eigenvalue weighted by molar-refractivity contribution is 7.89. The topological polar surface area (TPSA) is 46.6 Å². The number of nitrogens with zero attached hydrogens (tertiary/aromatic N) is 1. The molecule has 6 heteroatoms. The van der Waals surface area contributed by atoms with Crippen molar-refractivity contribution in [3.63, 3.8) is 0 Å². The minimum atomic E-state index is -3.23. The lowest BCUT2D eigenvalue weighted by atomic mass is 10.3. The van der Waals surface area contributed by atoms with Gasteiger partial charge >= 0.3 is 0 Å². The van der Waals surface area contributed by atoms with Gasteiger partial charge in [0, 0.05) is 19.0 Å². The zero-order valence-electron chi connectivity index (χ0n) is 11.0. The van der Waals surface area contributed by atoms with Crippen molar-refractivity contribution in [1.82, 2.24) is 4.31 Å². The summed E-state index contributed by atoms with van der Waals surface area (Å²) in [6.07, 6.45) is 1.89. The summed E-state index contributed by atoms with van der Waals surface area (Å²) in [7, 11) is -3.23. The van der Waals surface area contributed by atoms with Crippen molar-refractivity contribution in [2.45, 2.75) is 39.7 Å². The molecule has 0 aliphatic carbocycles. The molecule has 4 nitrogen and oxygen atoms in total. The van der Waals surface area contributed by atoms with E-state index < -0.39 is 10.0 Å². The van der Waals surface area contributed by atoms with Gasteiger partial charge in [-0.25, -0.2) is 12.7 Å². The number of hydrogen-bond donors (Lipinski definition) is 0. The van der Waals surface area contributed by atoms with E-state index in [4.69, 9.17) is 16.3 Å². The van der Waals surface area contributed by atoms with Crippen molar-refractivity contribution in [2.24, 2.45) is 0 Å². The number of hydrogen-bond acceptors (Lipinski definition) is 3. The van der Waals surface area contributed by atoms with E-state index in [9.17, 15) is 8.42 Å². The Morgan fingerprint density at radius 2 is 1.94 bits per heavy atom. The lowest BCUT2D eigenvalue weighted by Gasteiger charge is -2.21. The van der Waals surface area contributed by atoms with Crippen molar-refractivity contribution >= 4 is 21.6 Å². The summed E-state index contributed by atoms with van der Waals surface area (Å²) in [5.41, 5.74) is 0. The second-order valence-electron chi connectivity index (χ2n) is 4.18. The van der Waals surface area contributed by atoms with Crippen LogP contribution in [0, 0.1) is 0 Å². The van der Waals surface area contributed by atoms with Crippen LogP contribution in [-0.2, 0) is 14.8 Å². The molecule has 0 aromatic carbocycles. The molecule has 0 fully saturated rings. The Balaban J connectivity index is 4.28. The van der Waals surface area contributed by atoms with Crippen LogP contribution in [0.5, 0.6) is 0 Å². The van der Waals surface area contributed by atoms with E-state index in [1.807, 2.05) is 20.8 Å². The largest absolute Gasteiger partial charge is 0.378 e. The standard InChI is InChI=1S/C11H24ClNO3S/c1-4-5-7-13(8-6-12)17(14,15)10-9-16-11(2)3/h11H,4-10H2,1-3H3. The van der Waals surface area contributed by atoms with Gasteiger partial charge in [0.05, 0.1) is 18.5 Å². The first-order chi connectivity index (χ1) is 7.94. The Kier molecular flexibility index (Phi) is 9.22. The van der Waals surface area contributed by atoms with Gasteiger partial charge in [-0.3, -0.25) is 0 Å². The number of ether oxygens (including phenoxy) is 1. The monoisotopic (exact) mass is 285 g/mol. The Morgan fingerprint density at radius 1 is 1.29 bits per heavy atom. The summed E-state index contributed by atoms with van der Waals surface area (Å²) >= 11 is 5.63. The SMILES string of the molecule is CCCCN(CCCl)S(=O)(=O)CCOC(C)C. The molecule has 0 aromatic heterocycles. The zero-order chi connectivity index (χ0) is 13.3. The van der Waals surface area contributed by atoms with Crippen LogP contribution >= 0.6 is 11.6 Å². The summed E-state index contributed by atoms with van der Waals surface area (Å²) in [5, 5.41) is 0. The van der Waals surface area contributed by atoms with Crippen LogP contribution < -0.4 is 0 Å². The maximum Gasteiger partial charge on any atom is 0.216 e. The second-order valence-corrected chi connectivity index (χ2v) is 6.64. The third kappa shape index (κ3) is 7.97. The van der Waals surface area contributed by atoms with Crippen LogP contribution in [-0.4, -0.2) is 50.2 Å². The van der Waals surface area contributed by atoms with Gasteiger partial charge in [-0.05, 0) is 20.3 Å². The number of alkyl halides is 1. The molecule has 0 saturated carbocycles.